The van der Waals surface area contributed by atoms with Gasteiger partial charge >= 0.3 is 0 Å². The molecule has 0 aromatic carbocycles. The highest BCUT2D eigenvalue weighted by atomic mass is 14.9. The van der Waals surface area contributed by atoms with Gasteiger partial charge in [0.2, 0.25) is 0 Å². The van der Waals surface area contributed by atoms with Gasteiger partial charge in [-0.15, -0.1) is 0 Å². The molecule has 2 N–H and O–H groups in total. The van der Waals surface area contributed by atoms with Crippen molar-refractivity contribution >= 4 is 0 Å². The smallest absolute Gasteiger partial charge is 0.00985 e. The van der Waals surface area contributed by atoms with Gasteiger partial charge in [-0.3, -0.25) is 0 Å². The molecule has 3 aliphatic rings. The Hall–Kier alpha value is -0.0400. The van der Waals surface area contributed by atoms with E-state index in [1.807, 2.05) is 0 Å². The lowest BCUT2D eigenvalue weighted by atomic mass is 9.67. The average Bonchev–Trinajstić information content (AvgIpc) is 2.89. The summed E-state index contributed by atoms with van der Waals surface area (Å²) in [5.74, 6) is 3.96. The first-order chi connectivity index (χ1) is 5.71. The molecule has 0 amide bonds. The molecule has 3 aliphatic carbocycles. The Morgan fingerprint density at radius 1 is 1.50 bits per heavy atom. The number of rotatable bonds is 3. The number of fused-ring (bicyclic) bond motifs is 1. The Balaban J connectivity index is 1.66. The molecule has 6 unspecified atom stereocenters. The maximum atomic E-state index is 6.26. The van der Waals surface area contributed by atoms with Crippen molar-refractivity contribution in [2.24, 2.45) is 34.8 Å². The van der Waals surface area contributed by atoms with Crippen LogP contribution in [0.15, 0.2) is 0 Å². The van der Waals surface area contributed by atoms with Gasteiger partial charge in [0.05, 0.1) is 0 Å². The SMILES string of the molecule is CCC(C)C(N)C1CC2C3CC123. The predicted octanol–water partition coefficient (Wildman–Crippen LogP) is 2.02. The first kappa shape index (κ1) is 7.37. The van der Waals surface area contributed by atoms with Crippen LogP contribution in [-0.2, 0) is 0 Å². The third-order valence-corrected chi connectivity index (χ3v) is 5.13. The third kappa shape index (κ3) is 0.585. The summed E-state index contributed by atoms with van der Waals surface area (Å²) in [7, 11) is 0. The van der Waals surface area contributed by atoms with Gasteiger partial charge in [-0.1, -0.05) is 20.3 Å². The lowest BCUT2D eigenvalue weighted by Gasteiger charge is -2.40. The van der Waals surface area contributed by atoms with Crippen molar-refractivity contribution in [2.75, 3.05) is 0 Å². The van der Waals surface area contributed by atoms with Crippen LogP contribution in [0.1, 0.15) is 33.1 Å². The summed E-state index contributed by atoms with van der Waals surface area (Å²) >= 11 is 0. The topological polar surface area (TPSA) is 26.0 Å². The van der Waals surface area contributed by atoms with E-state index < -0.39 is 0 Å². The second kappa shape index (κ2) is 1.89. The summed E-state index contributed by atoms with van der Waals surface area (Å²) in [5, 5.41) is 0. The molecule has 1 heteroatoms. The summed E-state index contributed by atoms with van der Waals surface area (Å²) in [6, 6.07) is 0.513. The first-order valence-corrected chi connectivity index (χ1v) is 5.47. The average molecular weight is 165 g/mol. The highest BCUT2D eigenvalue weighted by Crippen LogP contribution is 2.92. The van der Waals surface area contributed by atoms with Crippen LogP contribution in [0.25, 0.3) is 0 Å². The van der Waals surface area contributed by atoms with Crippen molar-refractivity contribution in [1.82, 2.24) is 0 Å². The maximum Gasteiger partial charge on any atom is 0.00985 e. The zero-order valence-electron chi connectivity index (χ0n) is 8.09. The van der Waals surface area contributed by atoms with Gasteiger partial charge in [0.1, 0.15) is 0 Å². The number of nitrogens with two attached hydrogens (primary N) is 1. The molecule has 3 rings (SSSR count). The summed E-state index contributed by atoms with van der Waals surface area (Å²) in [4.78, 5) is 0. The molecule has 12 heavy (non-hydrogen) atoms. The standard InChI is InChI=1S/C11H19N/c1-3-6(2)10(12)8-4-7-9-5-11(7,8)9/h6-10H,3-5,12H2,1-2H3. The molecule has 1 spiro atoms. The van der Waals surface area contributed by atoms with Crippen LogP contribution < -0.4 is 5.73 Å². The molecule has 0 bridgehead atoms. The van der Waals surface area contributed by atoms with E-state index in [9.17, 15) is 0 Å². The summed E-state index contributed by atoms with van der Waals surface area (Å²) in [6.07, 6.45) is 4.26. The molecule has 3 saturated carbocycles. The van der Waals surface area contributed by atoms with Crippen LogP contribution in [0.3, 0.4) is 0 Å². The van der Waals surface area contributed by atoms with Gasteiger partial charge in [-0.25, -0.2) is 0 Å². The van der Waals surface area contributed by atoms with Crippen LogP contribution in [0.2, 0.25) is 0 Å². The van der Waals surface area contributed by atoms with E-state index in [0.29, 0.717) is 6.04 Å². The number of hydrogen-bond acceptors (Lipinski definition) is 1. The monoisotopic (exact) mass is 165 g/mol. The van der Waals surface area contributed by atoms with E-state index in [1.165, 1.54) is 19.3 Å². The molecule has 1 nitrogen and oxygen atoms in total. The quantitative estimate of drug-likeness (QED) is 0.680. The van der Waals surface area contributed by atoms with Crippen molar-refractivity contribution < 1.29 is 0 Å². The van der Waals surface area contributed by atoms with Gasteiger partial charge in [0.25, 0.3) is 0 Å². The molecular formula is C11H19N. The van der Waals surface area contributed by atoms with Crippen LogP contribution >= 0.6 is 0 Å². The molecule has 68 valence electrons. The van der Waals surface area contributed by atoms with Crippen molar-refractivity contribution in [1.29, 1.82) is 0 Å². The van der Waals surface area contributed by atoms with Gasteiger partial charge in [-0.05, 0) is 41.9 Å². The molecular weight excluding hydrogens is 146 g/mol. The molecule has 0 aromatic rings. The van der Waals surface area contributed by atoms with Crippen molar-refractivity contribution in [3.8, 4) is 0 Å². The van der Waals surface area contributed by atoms with Crippen LogP contribution in [0, 0.1) is 29.1 Å². The maximum absolute atomic E-state index is 6.26. The molecule has 0 radical (unpaired) electrons. The second-order valence-electron chi connectivity index (χ2n) is 5.33. The Bertz CT molecular complexity index is 219. The fourth-order valence-electron chi connectivity index (χ4n) is 3.69. The van der Waals surface area contributed by atoms with Crippen LogP contribution in [0.4, 0.5) is 0 Å². The van der Waals surface area contributed by atoms with E-state index >= 15 is 0 Å². The highest BCUT2D eigenvalue weighted by molar-refractivity contribution is 5.36. The number of hydrogen-bond donors (Lipinski definition) is 1. The molecule has 3 fully saturated rings. The van der Waals surface area contributed by atoms with Gasteiger partial charge in [-0.2, -0.15) is 0 Å². The van der Waals surface area contributed by atoms with Crippen LogP contribution in [-0.4, -0.2) is 6.04 Å². The Kier molecular flexibility index (Phi) is 1.16. The summed E-state index contributed by atoms with van der Waals surface area (Å²) < 4.78 is 0. The third-order valence-electron chi connectivity index (χ3n) is 5.13. The molecule has 0 aliphatic heterocycles. The Labute approximate surface area is 74.7 Å². The largest absolute Gasteiger partial charge is 0.327 e. The van der Waals surface area contributed by atoms with Gasteiger partial charge in [0.15, 0.2) is 0 Å². The zero-order chi connectivity index (χ0) is 8.51. The minimum atomic E-state index is 0.513. The second-order valence-corrected chi connectivity index (χ2v) is 5.33. The van der Waals surface area contributed by atoms with Gasteiger partial charge in [0, 0.05) is 6.04 Å². The van der Waals surface area contributed by atoms with E-state index in [4.69, 9.17) is 5.73 Å². The summed E-state index contributed by atoms with van der Waals surface area (Å²) in [5.41, 5.74) is 7.11. The Morgan fingerprint density at radius 2 is 2.25 bits per heavy atom. The Morgan fingerprint density at radius 3 is 2.58 bits per heavy atom. The minimum absolute atomic E-state index is 0.513. The van der Waals surface area contributed by atoms with Crippen LogP contribution in [0.5, 0.6) is 0 Å². The minimum Gasteiger partial charge on any atom is -0.327 e. The molecule has 6 atom stereocenters. The van der Waals surface area contributed by atoms with Crippen molar-refractivity contribution in [3.05, 3.63) is 0 Å². The van der Waals surface area contributed by atoms with E-state index in [1.54, 1.807) is 0 Å². The molecule has 0 aromatic heterocycles. The highest BCUT2D eigenvalue weighted by Gasteiger charge is 2.87. The normalized spacial score (nSPS) is 57.8. The van der Waals surface area contributed by atoms with E-state index in [2.05, 4.69) is 13.8 Å². The lowest BCUT2D eigenvalue weighted by molar-refractivity contribution is 0.117. The summed E-state index contributed by atoms with van der Waals surface area (Å²) in [6.45, 7) is 4.57. The first-order valence-electron chi connectivity index (χ1n) is 5.47. The van der Waals surface area contributed by atoms with E-state index in [-0.39, 0.29) is 0 Å². The molecule has 0 saturated heterocycles. The van der Waals surface area contributed by atoms with Gasteiger partial charge < -0.3 is 5.73 Å². The fraction of sp³-hybridized carbons (Fsp3) is 1.00. The van der Waals surface area contributed by atoms with E-state index in [0.717, 1.165) is 29.1 Å². The molecule has 0 heterocycles. The zero-order valence-corrected chi connectivity index (χ0v) is 8.09. The lowest BCUT2D eigenvalue weighted by Crippen LogP contribution is -2.45. The fourth-order valence-corrected chi connectivity index (χ4v) is 3.69. The van der Waals surface area contributed by atoms with Crippen molar-refractivity contribution in [3.63, 3.8) is 0 Å². The predicted molar refractivity (Wildman–Crippen MR) is 49.6 cm³/mol. The van der Waals surface area contributed by atoms with Crippen molar-refractivity contribution in [2.45, 2.75) is 39.2 Å².